The Labute approximate surface area is 169 Å². The second kappa shape index (κ2) is 8.73. The van der Waals surface area contributed by atoms with Gasteiger partial charge in [-0.3, -0.25) is 14.2 Å². The fourth-order valence-electron chi connectivity index (χ4n) is 4.12. The molecule has 0 radical (unpaired) electrons. The highest BCUT2D eigenvalue weighted by atomic mass is 19.1. The minimum absolute atomic E-state index is 0.0559. The van der Waals surface area contributed by atoms with Gasteiger partial charge in [-0.1, -0.05) is 0 Å². The average Bonchev–Trinajstić information content (AvgIpc) is 3.44. The van der Waals surface area contributed by atoms with E-state index in [1.165, 1.54) is 12.1 Å². The molecule has 2 aliphatic heterocycles. The molecule has 0 aliphatic carbocycles. The molecular weight excluding hydrogens is 373 g/mol. The number of piperidine rings is 1. The zero-order valence-electron chi connectivity index (χ0n) is 16.3. The maximum absolute atomic E-state index is 13.2. The van der Waals surface area contributed by atoms with Crippen LogP contribution in [0.25, 0.3) is 5.69 Å². The molecule has 4 rings (SSSR count). The minimum atomic E-state index is -0.324. The fourth-order valence-corrected chi connectivity index (χ4v) is 4.12. The van der Waals surface area contributed by atoms with E-state index in [2.05, 4.69) is 15.6 Å². The van der Waals surface area contributed by atoms with Crippen LogP contribution < -0.4 is 10.6 Å². The number of amides is 2. The number of imidazole rings is 1. The van der Waals surface area contributed by atoms with Crippen LogP contribution in [-0.4, -0.2) is 58.5 Å². The van der Waals surface area contributed by atoms with Gasteiger partial charge in [0.05, 0.1) is 18.6 Å². The largest absolute Gasteiger partial charge is 0.354 e. The molecule has 2 fully saturated rings. The van der Waals surface area contributed by atoms with Gasteiger partial charge in [-0.15, -0.1) is 0 Å². The predicted octanol–water partition coefficient (Wildman–Crippen LogP) is 1.73. The first-order valence-electron chi connectivity index (χ1n) is 10.2. The SMILES string of the molecule is O=C(NCC1CCCN(C(=O)c2cncn2-c2ccc(F)cc2)C1)C1CCCN1. The number of hydrogen-bond acceptors (Lipinski definition) is 4. The van der Waals surface area contributed by atoms with Crippen molar-refractivity contribution in [2.75, 3.05) is 26.2 Å². The number of nitrogens with one attached hydrogen (secondary N) is 2. The second-order valence-corrected chi connectivity index (χ2v) is 7.78. The van der Waals surface area contributed by atoms with E-state index in [0.29, 0.717) is 31.0 Å². The molecule has 2 N–H and O–H groups in total. The molecular formula is C21H26FN5O2. The summed E-state index contributed by atoms with van der Waals surface area (Å²) in [6.45, 7) is 2.76. The van der Waals surface area contributed by atoms with E-state index in [1.54, 1.807) is 29.2 Å². The van der Waals surface area contributed by atoms with Crippen molar-refractivity contribution in [1.29, 1.82) is 0 Å². The Kier molecular flexibility index (Phi) is 5.89. The summed E-state index contributed by atoms with van der Waals surface area (Å²) in [6, 6.07) is 5.89. The number of carbonyl (C=O) groups excluding carboxylic acids is 2. The Balaban J connectivity index is 1.38. The number of halogens is 1. The van der Waals surface area contributed by atoms with Gasteiger partial charge in [0.1, 0.15) is 11.5 Å². The molecule has 2 atom stereocenters. The van der Waals surface area contributed by atoms with Crippen LogP contribution in [0.4, 0.5) is 4.39 Å². The third kappa shape index (κ3) is 4.48. The zero-order chi connectivity index (χ0) is 20.2. The van der Waals surface area contributed by atoms with Crippen molar-refractivity contribution in [3.63, 3.8) is 0 Å². The highest BCUT2D eigenvalue weighted by molar-refractivity contribution is 5.93. The molecule has 0 bridgehead atoms. The molecule has 2 unspecified atom stereocenters. The van der Waals surface area contributed by atoms with Gasteiger partial charge in [0.15, 0.2) is 0 Å². The molecule has 2 amide bonds. The van der Waals surface area contributed by atoms with E-state index < -0.39 is 0 Å². The monoisotopic (exact) mass is 399 g/mol. The summed E-state index contributed by atoms with van der Waals surface area (Å²) in [4.78, 5) is 31.3. The van der Waals surface area contributed by atoms with E-state index in [-0.39, 0.29) is 29.6 Å². The van der Waals surface area contributed by atoms with Gasteiger partial charge < -0.3 is 15.5 Å². The van der Waals surface area contributed by atoms with Gasteiger partial charge in [-0.05, 0) is 62.4 Å². The first-order valence-corrected chi connectivity index (χ1v) is 10.2. The smallest absolute Gasteiger partial charge is 0.272 e. The van der Waals surface area contributed by atoms with Gasteiger partial charge in [0.25, 0.3) is 5.91 Å². The molecule has 8 heteroatoms. The van der Waals surface area contributed by atoms with E-state index in [9.17, 15) is 14.0 Å². The summed E-state index contributed by atoms with van der Waals surface area (Å²) < 4.78 is 14.9. The number of aromatic nitrogens is 2. The zero-order valence-corrected chi connectivity index (χ0v) is 16.3. The van der Waals surface area contributed by atoms with Gasteiger partial charge in [-0.2, -0.15) is 0 Å². The van der Waals surface area contributed by atoms with Gasteiger partial charge >= 0.3 is 0 Å². The summed E-state index contributed by atoms with van der Waals surface area (Å²) in [6.07, 6.45) is 6.91. The molecule has 1 aromatic heterocycles. The number of carbonyl (C=O) groups is 2. The normalized spacial score (nSPS) is 21.9. The van der Waals surface area contributed by atoms with Crippen LogP contribution in [0.1, 0.15) is 36.2 Å². The molecule has 7 nitrogen and oxygen atoms in total. The summed E-state index contributed by atoms with van der Waals surface area (Å²) >= 11 is 0. The van der Waals surface area contributed by atoms with Crippen LogP contribution in [-0.2, 0) is 4.79 Å². The lowest BCUT2D eigenvalue weighted by molar-refractivity contribution is -0.123. The van der Waals surface area contributed by atoms with Crippen LogP contribution in [0.2, 0.25) is 0 Å². The maximum Gasteiger partial charge on any atom is 0.272 e. The van der Waals surface area contributed by atoms with Crippen LogP contribution in [0.3, 0.4) is 0 Å². The summed E-state index contributed by atoms with van der Waals surface area (Å²) in [5.74, 6) is -0.128. The molecule has 2 aliphatic rings. The molecule has 0 saturated carbocycles. The highest BCUT2D eigenvalue weighted by Gasteiger charge is 2.28. The molecule has 154 valence electrons. The van der Waals surface area contributed by atoms with Crippen molar-refractivity contribution in [3.8, 4) is 5.69 Å². The number of rotatable bonds is 5. The second-order valence-electron chi connectivity index (χ2n) is 7.78. The average molecular weight is 399 g/mol. The highest BCUT2D eigenvalue weighted by Crippen LogP contribution is 2.20. The molecule has 3 heterocycles. The van der Waals surface area contributed by atoms with Crippen LogP contribution in [0.5, 0.6) is 0 Å². The quantitative estimate of drug-likeness (QED) is 0.803. The summed E-state index contributed by atoms with van der Waals surface area (Å²) in [5, 5.41) is 6.24. The molecule has 1 aromatic carbocycles. The van der Waals surface area contributed by atoms with Crippen molar-refractivity contribution < 1.29 is 14.0 Å². The van der Waals surface area contributed by atoms with Crippen LogP contribution in [0.15, 0.2) is 36.8 Å². The molecule has 29 heavy (non-hydrogen) atoms. The number of benzene rings is 1. The first kappa shape index (κ1) is 19.6. The lowest BCUT2D eigenvalue weighted by Crippen LogP contribution is -2.47. The van der Waals surface area contributed by atoms with Crippen LogP contribution in [0, 0.1) is 11.7 Å². The van der Waals surface area contributed by atoms with E-state index in [1.807, 2.05) is 4.90 Å². The lowest BCUT2D eigenvalue weighted by atomic mass is 9.97. The predicted molar refractivity (Wildman–Crippen MR) is 106 cm³/mol. The Hall–Kier alpha value is -2.74. The minimum Gasteiger partial charge on any atom is -0.354 e. The van der Waals surface area contributed by atoms with E-state index in [4.69, 9.17) is 0 Å². The fraction of sp³-hybridized carbons (Fsp3) is 0.476. The van der Waals surface area contributed by atoms with Crippen molar-refractivity contribution in [2.45, 2.75) is 31.7 Å². The topological polar surface area (TPSA) is 79.3 Å². The Morgan fingerprint density at radius 2 is 2.03 bits per heavy atom. The number of nitrogens with zero attached hydrogens (tertiary/aromatic N) is 3. The Bertz CT molecular complexity index is 860. The van der Waals surface area contributed by atoms with Gasteiger partial charge in [0, 0.05) is 25.3 Å². The number of hydrogen-bond donors (Lipinski definition) is 2. The van der Waals surface area contributed by atoms with Crippen molar-refractivity contribution in [3.05, 3.63) is 48.3 Å². The standard InChI is InChI=1S/C21H26FN5O2/c22-16-5-7-17(8-6-16)27-14-23-12-19(27)21(29)26-10-2-3-15(13-26)11-25-20(28)18-4-1-9-24-18/h5-8,12,14-15,18,24H,1-4,9-11,13H2,(H,25,28). The maximum atomic E-state index is 13.2. The third-order valence-electron chi connectivity index (χ3n) is 5.71. The first-order chi connectivity index (χ1) is 14.1. The van der Waals surface area contributed by atoms with Crippen molar-refractivity contribution in [2.24, 2.45) is 5.92 Å². The van der Waals surface area contributed by atoms with Gasteiger partial charge in [0.2, 0.25) is 5.91 Å². The number of likely N-dealkylation sites (tertiary alicyclic amines) is 1. The molecule has 2 saturated heterocycles. The lowest BCUT2D eigenvalue weighted by Gasteiger charge is -2.33. The molecule has 0 spiro atoms. The van der Waals surface area contributed by atoms with Crippen molar-refractivity contribution in [1.82, 2.24) is 25.1 Å². The van der Waals surface area contributed by atoms with Crippen LogP contribution >= 0.6 is 0 Å². The van der Waals surface area contributed by atoms with Crippen molar-refractivity contribution >= 4 is 11.8 Å². The molecule has 2 aromatic rings. The third-order valence-corrected chi connectivity index (χ3v) is 5.71. The Morgan fingerprint density at radius 3 is 2.79 bits per heavy atom. The van der Waals surface area contributed by atoms with E-state index >= 15 is 0 Å². The Morgan fingerprint density at radius 1 is 1.21 bits per heavy atom. The summed E-state index contributed by atoms with van der Waals surface area (Å²) in [5.41, 5.74) is 1.15. The van der Waals surface area contributed by atoms with E-state index in [0.717, 1.165) is 32.2 Å². The summed E-state index contributed by atoms with van der Waals surface area (Å²) in [7, 11) is 0. The van der Waals surface area contributed by atoms with Gasteiger partial charge in [-0.25, -0.2) is 9.37 Å².